The highest BCUT2D eigenvalue weighted by atomic mass is 32.2. The Morgan fingerprint density at radius 1 is 1.09 bits per heavy atom. The van der Waals surface area contributed by atoms with E-state index in [0.717, 1.165) is 22.9 Å². The van der Waals surface area contributed by atoms with E-state index in [4.69, 9.17) is 11.6 Å². The SMILES string of the molecule is C#C/C(F)=C(\C(C#N)=C/C)N1CCC(Nc2cc(C(=O)N3CCN(c4cccc(F)c4S(N)(=O)=O)CC3)c(C)cc2C)CC1. The van der Waals surface area contributed by atoms with Gasteiger partial charge in [0.2, 0.25) is 10.0 Å². The minimum Gasteiger partial charge on any atom is -0.382 e. The first-order chi connectivity index (χ1) is 20.9. The van der Waals surface area contributed by atoms with Gasteiger partial charge in [-0.05, 0) is 68.9 Å². The number of piperazine rings is 1. The smallest absolute Gasteiger partial charge is 0.254 e. The van der Waals surface area contributed by atoms with Gasteiger partial charge >= 0.3 is 0 Å². The van der Waals surface area contributed by atoms with Crippen LogP contribution in [0.15, 0.2) is 58.4 Å². The van der Waals surface area contributed by atoms with Crippen molar-refractivity contribution in [1.29, 1.82) is 5.26 Å². The van der Waals surface area contributed by atoms with Crippen LogP contribution < -0.4 is 15.4 Å². The molecule has 2 heterocycles. The number of nitrogens with two attached hydrogens (primary N) is 1. The fourth-order valence-corrected chi connectivity index (χ4v) is 6.63. The molecule has 0 bridgehead atoms. The quantitative estimate of drug-likeness (QED) is 0.270. The third-order valence-electron chi connectivity index (χ3n) is 8.11. The molecule has 2 aliphatic rings. The summed E-state index contributed by atoms with van der Waals surface area (Å²) in [4.78, 5) is 18.3. The second-order valence-corrected chi connectivity index (χ2v) is 12.4. The molecule has 4 rings (SSSR count). The molecule has 2 aliphatic heterocycles. The maximum atomic E-state index is 14.5. The molecule has 2 fully saturated rings. The number of carbonyl (C=O) groups is 1. The molecule has 0 saturated carbocycles. The molecule has 232 valence electrons. The van der Waals surface area contributed by atoms with E-state index < -0.39 is 26.6 Å². The Kier molecular flexibility index (Phi) is 9.98. The number of aryl methyl sites for hydroxylation is 2. The Balaban J connectivity index is 1.44. The van der Waals surface area contributed by atoms with Crippen LogP contribution in [0.5, 0.6) is 0 Å². The lowest BCUT2D eigenvalue weighted by atomic mass is 9.99. The van der Waals surface area contributed by atoms with E-state index in [9.17, 15) is 27.3 Å². The van der Waals surface area contributed by atoms with E-state index in [-0.39, 0.29) is 28.9 Å². The fraction of sp³-hybridized carbons (Fsp3) is 0.375. The summed E-state index contributed by atoms with van der Waals surface area (Å²) < 4.78 is 53.0. The second kappa shape index (κ2) is 13.5. The van der Waals surface area contributed by atoms with Crippen molar-refractivity contribution in [2.75, 3.05) is 49.5 Å². The lowest BCUT2D eigenvalue weighted by Gasteiger charge is -2.37. The first kappa shape index (κ1) is 32.5. The molecule has 1 amide bonds. The molecule has 0 unspecified atom stereocenters. The van der Waals surface area contributed by atoms with Crippen LogP contribution in [0.25, 0.3) is 0 Å². The summed E-state index contributed by atoms with van der Waals surface area (Å²) in [6.07, 6.45) is 8.19. The normalized spacial score (nSPS) is 17.1. The molecule has 0 aliphatic carbocycles. The van der Waals surface area contributed by atoms with Crippen molar-refractivity contribution in [2.45, 2.75) is 44.6 Å². The minimum absolute atomic E-state index is 0.0599. The number of hydrogen-bond donors (Lipinski definition) is 2. The molecule has 0 aromatic heterocycles. The third-order valence-corrected chi connectivity index (χ3v) is 9.08. The minimum atomic E-state index is -4.28. The third kappa shape index (κ3) is 6.88. The number of anilines is 2. The monoisotopic (exact) mass is 622 g/mol. The molecule has 2 aromatic carbocycles. The number of nitrogens with zero attached hydrogens (tertiary/aromatic N) is 4. The number of rotatable bonds is 7. The number of nitriles is 1. The van der Waals surface area contributed by atoms with Crippen LogP contribution in [-0.4, -0.2) is 69.4 Å². The Labute approximate surface area is 257 Å². The van der Waals surface area contributed by atoms with Gasteiger partial charge in [0.05, 0.1) is 17.0 Å². The summed E-state index contributed by atoms with van der Waals surface area (Å²) in [7, 11) is -4.28. The predicted molar refractivity (Wildman–Crippen MR) is 166 cm³/mol. The molecule has 12 heteroatoms. The molecule has 0 radical (unpaired) electrons. The number of likely N-dealkylation sites (tertiary alicyclic amines) is 1. The maximum absolute atomic E-state index is 14.5. The number of nitrogens with one attached hydrogen (secondary N) is 1. The first-order valence-corrected chi connectivity index (χ1v) is 15.9. The van der Waals surface area contributed by atoms with Crippen LogP contribution in [0.1, 0.15) is 41.3 Å². The van der Waals surface area contributed by atoms with Gasteiger partial charge in [-0.15, -0.1) is 6.42 Å². The Hall–Kier alpha value is -4.39. The lowest BCUT2D eigenvalue weighted by Crippen LogP contribution is -2.49. The zero-order valence-corrected chi connectivity index (χ0v) is 25.8. The lowest BCUT2D eigenvalue weighted by molar-refractivity contribution is 0.0746. The van der Waals surface area contributed by atoms with Gasteiger partial charge in [-0.1, -0.05) is 18.2 Å². The van der Waals surface area contributed by atoms with Crippen LogP contribution in [0.3, 0.4) is 0 Å². The van der Waals surface area contributed by atoms with Crippen molar-refractivity contribution in [3.05, 3.63) is 76.0 Å². The van der Waals surface area contributed by atoms with E-state index in [1.54, 1.807) is 27.7 Å². The van der Waals surface area contributed by atoms with E-state index in [1.807, 2.05) is 38.0 Å². The van der Waals surface area contributed by atoms with Crippen molar-refractivity contribution in [3.63, 3.8) is 0 Å². The summed E-state index contributed by atoms with van der Waals surface area (Å²) in [6.45, 7) is 7.77. The fourth-order valence-electron chi connectivity index (χ4n) is 5.80. The van der Waals surface area contributed by atoms with Gasteiger partial charge in [0.25, 0.3) is 5.91 Å². The van der Waals surface area contributed by atoms with E-state index in [2.05, 4.69) is 5.32 Å². The molecule has 0 spiro atoms. The van der Waals surface area contributed by atoms with E-state index in [0.29, 0.717) is 57.7 Å². The number of carbonyl (C=O) groups excluding carboxylic acids is 1. The van der Waals surface area contributed by atoms with Gasteiger partial charge in [-0.25, -0.2) is 17.9 Å². The average molecular weight is 623 g/mol. The number of sulfonamides is 1. The predicted octanol–water partition coefficient (Wildman–Crippen LogP) is 4.21. The number of terminal acetylenes is 1. The standard InChI is InChI=1S/C32H36F2N6O3S/c1-5-23(20-35)30(26(33)6-2)39-12-10-24(11-13-39)37-28-19-25(21(3)18-22(28)4)32(41)40-16-14-38(15-17-40)29-9-7-8-27(34)31(29)44(36,42)43/h2,5,7-9,18-19,24,37H,10-17H2,1,3-4H3,(H2,36,42,43)/b23-5-,30-26-. The van der Waals surface area contributed by atoms with E-state index >= 15 is 0 Å². The number of allylic oxidation sites excluding steroid dienone is 3. The zero-order chi connectivity index (χ0) is 32.2. The molecule has 0 atom stereocenters. The van der Waals surface area contributed by atoms with Gasteiger partial charge in [0.15, 0.2) is 5.83 Å². The van der Waals surface area contributed by atoms with Crippen LogP contribution in [0.4, 0.5) is 20.2 Å². The average Bonchev–Trinajstić information content (AvgIpc) is 3.00. The molecule has 2 saturated heterocycles. The van der Waals surface area contributed by atoms with Gasteiger partial charge in [0.1, 0.15) is 16.8 Å². The van der Waals surface area contributed by atoms with Crippen molar-refractivity contribution < 1.29 is 22.0 Å². The highest BCUT2D eigenvalue weighted by Gasteiger charge is 2.29. The van der Waals surface area contributed by atoms with Crippen LogP contribution >= 0.6 is 0 Å². The second-order valence-electron chi connectivity index (χ2n) is 10.9. The molecule has 9 nitrogen and oxygen atoms in total. The maximum Gasteiger partial charge on any atom is 0.254 e. The van der Waals surface area contributed by atoms with Crippen molar-refractivity contribution in [2.24, 2.45) is 5.14 Å². The van der Waals surface area contributed by atoms with Crippen molar-refractivity contribution >= 4 is 27.3 Å². The zero-order valence-electron chi connectivity index (χ0n) is 25.0. The van der Waals surface area contributed by atoms with Crippen molar-refractivity contribution in [1.82, 2.24) is 9.80 Å². The summed E-state index contributed by atoms with van der Waals surface area (Å²) in [6, 6.07) is 9.90. The Bertz CT molecular complexity index is 1690. The van der Waals surface area contributed by atoms with E-state index in [1.165, 1.54) is 12.1 Å². The topological polar surface area (TPSA) is 123 Å². The van der Waals surface area contributed by atoms with Gasteiger partial charge in [-0.3, -0.25) is 4.79 Å². The largest absolute Gasteiger partial charge is 0.382 e. The highest BCUT2D eigenvalue weighted by molar-refractivity contribution is 7.89. The summed E-state index contributed by atoms with van der Waals surface area (Å²) in [5.41, 5.74) is 3.71. The number of hydrogen-bond acceptors (Lipinski definition) is 7. The number of amides is 1. The molecule has 44 heavy (non-hydrogen) atoms. The molecular weight excluding hydrogens is 586 g/mol. The van der Waals surface area contributed by atoms with Gasteiger partial charge in [-0.2, -0.15) is 9.65 Å². The Morgan fingerprint density at radius 2 is 1.75 bits per heavy atom. The molecular formula is C32H36F2N6O3S. The van der Waals surface area contributed by atoms with Gasteiger partial charge in [0, 0.05) is 56.6 Å². The van der Waals surface area contributed by atoms with Crippen molar-refractivity contribution in [3.8, 4) is 18.4 Å². The van der Waals surface area contributed by atoms with Gasteiger partial charge < -0.3 is 20.0 Å². The van der Waals surface area contributed by atoms with Crippen LogP contribution in [0, 0.1) is 43.3 Å². The summed E-state index contributed by atoms with van der Waals surface area (Å²) in [5.74, 6) is 0.199. The Morgan fingerprint density at radius 3 is 2.32 bits per heavy atom. The summed E-state index contributed by atoms with van der Waals surface area (Å²) >= 11 is 0. The number of primary sulfonamides is 1. The van der Waals surface area contributed by atoms with Crippen LogP contribution in [0.2, 0.25) is 0 Å². The molecule has 3 N–H and O–H groups in total. The highest BCUT2D eigenvalue weighted by Crippen LogP contribution is 2.30. The molecule has 2 aromatic rings. The number of benzene rings is 2. The number of piperidine rings is 1. The first-order valence-electron chi connectivity index (χ1n) is 14.3. The summed E-state index contributed by atoms with van der Waals surface area (Å²) in [5, 5.41) is 18.3. The number of halogens is 2. The van der Waals surface area contributed by atoms with Crippen LogP contribution in [-0.2, 0) is 10.0 Å².